The number of benzene rings is 2. The van der Waals surface area contributed by atoms with Crippen LogP contribution in [0.3, 0.4) is 0 Å². The molecule has 2 rings (SSSR count). The van der Waals surface area contributed by atoms with E-state index >= 15 is 0 Å². The molecule has 2 aromatic rings. The van der Waals surface area contributed by atoms with E-state index in [-0.39, 0.29) is 10.9 Å². The molecule has 0 amide bonds. The highest BCUT2D eigenvalue weighted by molar-refractivity contribution is 8.01. The lowest BCUT2D eigenvalue weighted by Crippen LogP contribution is -1.98. The molecule has 0 radical (unpaired) electrons. The van der Waals surface area contributed by atoms with Gasteiger partial charge in [-0.3, -0.25) is 0 Å². The summed E-state index contributed by atoms with van der Waals surface area (Å²) in [6.07, 6.45) is 5.60. The Labute approximate surface area is 93.3 Å². The second-order valence-corrected chi connectivity index (χ2v) is 4.84. The number of terminal acetylenes is 1. The van der Waals surface area contributed by atoms with Gasteiger partial charge >= 0.3 is 0 Å². The van der Waals surface area contributed by atoms with E-state index in [1.54, 1.807) is 0 Å². The van der Waals surface area contributed by atoms with Crippen LogP contribution in [0, 0.1) is 11.7 Å². The molecule has 0 nitrogen and oxygen atoms in total. The molecular formula is C14H11S+. The molecule has 0 aliphatic rings. The highest BCUT2D eigenvalue weighted by Gasteiger charge is 2.22. The van der Waals surface area contributed by atoms with Crippen LogP contribution < -0.4 is 0 Å². The van der Waals surface area contributed by atoms with Crippen molar-refractivity contribution in [1.82, 2.24) is 0 Å². The predicted molar refractivity (Wildman–Crippen MR) is 65.6 cm³/mol. The first kappa shape index (κ1) is 9.89. The lowest BCUT2D eigenvalue weighted by molar-refractivity contribution is 1.39. The Bertz CT molecular complexity index is 414. The second kappa shape index (κ2) is 4.72. The molecule has 2 aromatic carbocycles. The minimum absolute atomic E-state index is 0.230. The molecule has 0 aliphatic heterocycles. The standard InChI is InChI=1S/C14H11S/c1-2-15(13-9-5-3-6-10-13)14-11-7-4-8-12-14/h1,3-12H/q+1. The number of hydrogen-bond donors (Lipinski definition) is 0. The van der Waals surface area contributed by atoms with Crippen molar-refractivity contribution >= 4 is 10.9 Å². The Morgan fingerprint density at radius 2 is 1.13 bits per heavy atom. The molecule has 15 heavy (non-hydrogen) atoms. The third-order valence-electron chi connectivity index (χ3n) is 2.08. The van der Waals surface area contributed by atoms with Gasteiger partial charge in [-0.15, -0.1) is 0 Å². The van der Waals surface area contributed by atoms with Gasteiger partial charge in [0.15, 0.2) is 15.0 Å². The summed E-state index contributed by atoms with van der Waals surface area (Å²) in [5.74, 6) is 0. The molecule has 1 heteroatoms. The van der Waals surface area contributed by atoms with Gasteiger partial charge < -0.3 is 0 Å². The van der Waals surface area contributed by atoms with E-state index in [2.05, 4.69) is 29.5 Å². The normalized spacial score (nSPS) is 9.87. The van der Waals surface area contributed by atoms with Crippen LogP contribution in [0.4, 0.5) is 0 Å². The highest BCUT2D eigenvalue weighted by atomic mass is 32.2. The van der Waals surface area contributed by atoms with Gasteiger partial charge in [-0.2, -0.15) is 0 Å². The van der Waals surface area contributed by atoms with E-state index in [4.69, 9.17) is 6.42 Å². The van der Waals surface area contributed by atoms with Crippen molar-refractivity contribution in [2.75, 3.05) is 0 Å². The molecule has 0 saturated carbocycles. The van der Waals surface area contributed by atoms with Gasteiger partial charge in [0.25, 0.3) is 0 Å². The van der Waals surface area contributed by atoms with Gasteiger partial charge in [0, 0.05) is 0 Å². The summed E-state index contributed by atoms with van der Waals surface area (Å²) < 4.78 is 0. The molecule has 72 valence electrons. The number of rotatable bonds is 2. The smallest absolute Gasteiger partial charge is 0.0619 e. The Hall–Kier alpha value is -1.65. The maximum Gasteiger partial charge on any atom is 0.175 e. The van der Waals surface area contributed by atoms with Crippen LogP contribution in [0.2, 0.25) is 0 Å². The summed E-state index contributed by atoms with van der Waals surface area (Å²) in [5.41, 5.74) is 0. The summed E-state index contributed by atoms with van der Waals surface area (Å²) in [6, 6.07) is 20.4. The first-order valence-corrected chi connectivity index (χ1v) is 5.95. The molecule has 0 bridgehead atoms. The van der Waals surface area contributed by atoms with Crippen molar-refractivity contribution in [3.63, 3.8) is 0 Å². The van der Waals surface area contributed by atoms with E-state index in [9.17, 15) is 0 Å². The van der Waals surface area contributed by atoms with Crippen molar-refractivity contribution in [3.05, 3.63) is 60.7 Å². The SMILES string of the molecule is C#C[S+](c1ccccc1)c1ccccc1. The van der Waals surface area contributed by atoms with Crippen LogP contribution in [0.1, 0.15) is 0 Å². The largest absolute Gasteiger partial charge is 0.175 e. The van der Waals surface area contributed by atoms with Crippen LogP contribution in [0.5, 0.6) is 0 Å². The fraction of sp³-hybridized carbons (Fsp3) is 0. The summed E-state index contributed by atoms with van der Waals surface area (Å²) in [5, 5.41) is 2.86. The molecule has 0 unspecified atom stereocenters. The van der Waals surface area contributed by atoms with Gasteiger partial charge in [-0.1, -0.05) is 42.8 Å². The Kier molecular flexibility index (Phi) is 3.11. The first-order chi connectivity index (χ1) is 7.42. The molecule has 0 saturated heterocycles. The molecule has 0 aromatic heterocycles. The van der Waals surface area contributed by atoms with Crippen molar-refractivity contribution in [1.29, 1.82) is 0 Å². The van der Waals surface area contributed by atoms with Gasteiger partial charge in [0.1, 0.15) is 10.9 Å². The first-order valence-electron chi connectivity index (χ1n) is 4.72. The minimum Gasteiger partial charge on any atom is -0.0619 e. The summed E-state index contributed by atoms with van der Waals surface area (Å²) in [4.78, 5) is 2.40. The zero-order chi connectivity index (χ0) is 10.5. The van der Waals surface area contributed by atoms with Gasteiger partial charge in [-0.05, 0) is 24.3 Å². The van der Waals surface area contributed by atoms with Crippen LogP contribution in [0.25, 0.3) is 0 Å². The van der Waals surface area contributed by atoms with E-state index in [0.717, 1.165) is 0 Å². The van der Waals surface area contributed by atoms with Crippen LogP contribution in [0.15, 0.2) is 70.5 Å². The summed E-state index contributed by atoms with van der Waals surface area (Å²) in [7, 11) is -0.230. The predicted octanol–water partition coefficient (Wildman–Crippen LogP) is 3.31. The highest BCUT2D eigenvalue weighted by Crippen LogP contribution is 2.21. The van der Waals surface area contributed by atoms with Gasteiger partial charge in [0.05, 0.1) is 0 Å². The van der Waals surface area contributed by atoms with Crippen molar-refractivity contribution in [3.8, 4) is 11.7 Å². The van der Waals surface area contributed by atoms with Crippen LogP contribution in [-0.4, -0.2) is 0 Å². The molecule has 0 spiro atoms. The number of hydrogen-bond acceptors (Lipinski definition) is 0. The van der Waals surface area contributed by atoms with Gasteiger partial charge in [0.2, 0.25) is 0 Å². The zero-order valence-corrected chi connectivity index (χ0v) is 9.08. The molecule has 0 N–H and O–H groups in total. The fourth-order valence-electron chi connectivity index (χ4n) is 1.39. The minimum atomic E-state index is -0.230. The van der Waals surface area contributed by atoms with Crippen molar-refractivity contribution in [2.45, 2.75) is 9.79 Å². The van der Waals surface area contributed by atoms with Crippen LogP contribution in [-0.2, 0) is 10.9 Å². The molecule has 0 fully saturated rings. The van der Waals surface area contributed by atoms with E-state index in [0.29, 0.717) is 0 Å². The Morgan fingerprint density at radius 3 is 1.47 bits per heavy atom. The lowest BCUT2D eigenvalue weighted by Gasteiger charge is -1.98. The molecular weight excluding hydrogens is 200 g/mol. The topological polar surface area (TPSA) is 0 Å². The Morgan fingerprint density at radius 1 is 0.733 bits per heavy atom. The summed E-state index contributed by atoms with van der Waals surface area (Å²) >= 11 is 0. The lowest BCUT2D eigenvalue weighted by atomic mass is 10.4. The molecule has 0 aliphatic carbocycles. The average molecular weight is 211 g/mol. The van der Waals surface area contributed by atoms with Gasteiger partial charge in [-0.25, -0.2) is 0 Å². The zero-order valence-electron chi connectivity index (χ0n) is 8.26. The van der Waals surface area contributed by atoms with Crippen LogP contribution >= 0.6 is 0 Å². The average Bonchev–Trinajstić information content (AvgIpc) is 2.33. The van der Waals surface area contributed by atoms with Crippen molar-refractivity contribution in [2.24, 2.45) is 0 Å². The quantitative estimate of drug-likeness (QED) is 0.528. The third kappa shape index (κ3) is 2.23. The third-order valence-corrected chi connectivity index (χ3v) is 3.80. The second-order valence-electron chi connectivity index (χ2n) is 3.05. The van der Waals surface area contributed by atoms with E-state index in [1.807, 2.05) is 36.4 Å². The van der Waals surface area contributed by atoms with E-state index < -0.39 is 0 Å². The molecule has 0 heterocycles. The monoisotopic (exact) mass is 211 g/mol. The maximum atomic E-state index is 5.60. The van der Waals surface area contributed by atoms with Crippen molar-refractivity contribution < 1.29 is 0 Å². The maximum absolute atomic E-state index is 5.60. The van der Waals surface area contributed by atoms with E-state index in [1.165, 1.54) is 9.79 Å². The molecule has 0 atom stereocenters. The fourth-order valence-corrected chi connectivity index (χ4v) is 2.79. The summed E-state index contributed by atoms with van der Waals surface area (Å²) in [6.45, 7) is 0. The Balaban J connectivity index is 2.39.